The van der Waals surface area contributed by atoms with Crippen molar-refractivity contribution in [1.82, 2.24) is 15.2 Å². The number of ether oxygens (including phenoxy) is 1. The Kier molecular flexibility index (Phi) is 6.59. The largest absolute Gasteiger partial charge is 0.370 e. The second-order valence-corrected chi connectivity index (χ2v) is 9.27. The third-order valence-corrected chi connectivity index (χ3v) is 6.98. The smallest absolute Gasteiger partial charge is 0.269 e. The van der Waals surface area contributed by atoms with Crippen LogP contribution in [0.15, 0.2) is 72.9 Å². The lowest BCUT2D eigenvalue weighted by atomic mass is 9.88. The Hall–Kier alpha value is -3.58. The molecule has 0 saturated carbocycles. The number of benzene rings is 2. The quantitative estimate of drug-likeness (QED) is 0.594. The van der Waals surface area contributed by atoms with E-state index in [4.69, 9.17) is 4.74 Å². The Labute approximate surface area is 204 Å². The number of aromatic nitrogens is 1. The first-order valence-corrected chi connectivity index (χ1v) is 12.0. The highest BCUT2D eigenvalue weighted by molar-refractivity contribution is 5.95. The van der Waals surface area contributed by atoms with Crippen LogP contribution in [-0.4, -0.2) is 53.0 Å². The van der Waals surface area contributed by atoms with Gasteiger partial charge in [0.25, 0.3) is 11.8 Å². The first-order valence-electron chi connectivity index (χ1n) is 12.0. The lowest BCUT2D eigenvalue weighted by Crippen LogP contribution is -2.47. The minimum atomic E-state index is -0.281. The van der Waals surface area contributed by atoms with Gasteiger partial charge >= 0.3 is 0 Å². The molecule has 1 aromatic heterocycles. The van der Waals surface area contributed by atoms with Crippen LogP contribution in [0, 0.1) is 5.82 Å². The van der Waals surface area contributed by atoms with E-state index in [1.807, 2.05) is 23.1 Å². The lowest BCUT2D eigenvalue weighted by molar-refractivity contribution is -0.0712. The number of halogens is 1. The summed E-state index contributed by atoms with van der Waals surface area (Å²) in [6.07, 6.45) is 4.96. The maximum atomic E-state index is 13.5. The van der Waals surface area contributed by atoms with Gasteiger partial charge < -0.3 is 15.0 Å². The average Bonchev–Trinajstić information content (AvgIpc) is 3.30. The molecule has 7 heteroatoms. The Morgan fingerprint density at radius 1 is 1.00 bits per heavy atom. The highest BCUT2D eigenvalue weighted by Gasteiger charge is 2.43. The van der Waals surface area contributed by atoms with Crippen molar-refractivity contribution < 1.29 is 18.7 Å². The topological polar surface area (TPSA) is 71.5 Å². The molecule has 180 valence electrons. The molecule has 2 aromatic carbocycles. The number of carbonyl (C=O) groups is 2. The van der Waals surface area contributed by atoms with Crippen LogP contribution in [-0.2, 0) is 4.74 Å². The summed E-state index contributed by atoms with van der Waals surface area (Å²) >= 11 is 0. The molecule has 2 aliphatic rings. The van der Waals surface area contributed by atoms with E-state index in [2.05, 4.69) is 10.3 Å². The molecule has 1 N–H and O–H groups in total. The first kappa shape index (κ1) is 23.2. The van der Waals surface area contributed by atoms with Gasteiger partial charge in [0, 0.05) is 31.4 Å². The van der Waals surface area contributed by atoms with Gasteiger partial charge in [-0.2, -0.15) is 0 Å². The predicted octanol–water partition coefficient (Wildman–Crippen LogP) is 4.47. The number of nitrogens with one attached hydrogen (secondary N) is 1. The molecule has 0 radical (unpaired) electrons. The number of nitrogens with zero attached hydrogens (tertiary/aromatic N) is 2. The van der Waals surface area contributed by atoms with Gasteiger partial charge in [0.15, 0.2) is 0 Å². The van der Waals surface area contributed by atoms with Gasteiger partial charge in [-0.3, -0.25) is 14.6 Å². The fourth-order valence-corrected chi connectivity index (χ4v) is 4.97. The maximum Gasteiger partial charge on any atom is 0.269 e. The zero-order chi connectivity index (χ0) is 24.3. The standard InChI is InChI=1S/C28H28FN3O3/c29-23-5-3-4-22(18-23)20-7-9-21(10-8-20)27(34)32-16-13-28(14-17-32)12-11-24(35-28)19-31-26(33)25-6-1-2-15-30-25/h1-10,15,18,24H,11-14,16-17,19H2,(H,31,33)/t24-/m0/s1. The van der Waals surface area contributed by atoms with Crippen LogP contribution in [0.3, 0.4) is 0 Å². The summed E-state index contributed by atoms with van der Waals surface area (Å²) in [6.45, 7) is 1.73. The average molecular weight is 474 g/mol. The van der Waals surface area contributed by atoms with E-state index in [1.165, 1.54) is 12.1 Å². The molecule has 1 atom stereocenters. The first-order chi connectivity index (χ1) is 17.0. The van der Waals surface area contributed by atoms with Crippen LogP contribution in [0.25, 0.3) is 11.1 Å². The van der Waals surface area contributed by atoms with Crippen molar-refractivity contribution in [1.29, 1.82) is 0 Å². The van der Waals surface area contributed by atoms with Crippen LogP contribution in [0.2, 0.25) is 0 Å². The van der Waals surface area contributed by atoms with Crippen molar-refractivity contribution >= 4 is 11.8 Å². The molecule has 2 saturated heterocycles. The molecular formula is C28H28FN3O3. The molecule has 1 spiro atoms. The van der Waals surface area contributed by atoms with E-state index in [0.717, 1.165) is 36.8 Å². The Morgan fingerprint density at radius 3 is 2.51 bits per heavy atom. The van der Waals surface area contributed by atoms with Gasteiger partial charge in [0.2, 0.25) is 0 Å². The van der Waals surface area contributed by atoms with Gasteiger partial charge in [0.05, 0.1) is 11.7 Å². The van der Waals surface area contributed by atoms with Crippen LogP contribution >= 0.6 is 0 Å². The molecule has 3 aromatic rings. The zero-order valence-electron chi connectivity index (χ0n) is 19.5. The third kappa shape index (κ3) is 5.25. The fourth-order valence-electron chi connectivity index (χ4n) is 4.97. The van der Waals surface area contributed by atoms with E-state index in [9.17, 15) is 14.0 Å². The van der Waals surface area contributed by atoms with Gasteiger partial charge in [-0.1, -0.05) is 30.3 Å². The molecule has 5 rings (SSSR count). The van der Waals surface area contributed by atoms with E-state index < -0.39 is 0 Å². The fraction of sp³-hybridized carbons (Fsp3) is 0.321. The Bertz CT molecular complexity index is 1190. The molecule has 0 bridgehead atoms. The molecular weight excluding hydrogens is 445 g/mol. The van der Waals surface area contributed by atoms with Gasteiger partial charge in [0.1, 0.15) is 11.5 Å². The van der Waals surface area contributed by atoms with E-state index in [-0.39, 0.29) is 29.3 Å². The normalized spacial score (nSPS) is 19.0. The number of carbonyl (C=O) groups excluding carboxylic acids is 2. The summed E-state index contributed by atoms with van der Waals surface area (Å²) in [5, 5.41) is 2.92. The van der Waals surface area contributed by atoms with Crippen molar-refractivity contribution in [3.63, 3.8) is 0 Å². The number of piperidine rings is 1. The van der Waals surface area contributed by atoms with Gasteiger partial charge in [-0.25, -0.2) is 4.39 Å². The van der Waals surface area contributed by atoms with Crippen molar-refractivity contribution in [2.75, 3.05) is 19.6 Å². The Balaban J connectivity index is 1.12. The predicted molar refractivity (Wildman–Crippen MR) is 130 cm³/mol. The summed E-state index contributed by atoms with van der Waals surface area (Å²) in [7, 11) is 0. The van der Waals surface area contributed by atoms with Crippen molar-refractivity contribution in [3.8, 4) is 11.1 Å². The molecule has 6 nitrogen and oxygen atoms in total. The number of hydrogen-bond donors (Lipinski definition) is 1. The molecule has 3 heterocycles. The third-order valence-electron chi connectivity index (χ3n) is 6.98. The van der Waals surface area contributed by atoms with E-state index >= 15 is 0 Å². The summed E-state index contributed by atoms with van der Waals surface area (Å²) in [6, 6.07) is 19.0. The number of pyridine rings is 1. The summed E-state index contributed by atoms with van der Waals surface area (Å²) in [5.41, 5.74) is 2.46. The molecule has 35 heavy (non-hydrogen) atoms. The van der Waals surface area contributed by atoms with Gasteiger partial charge in [-0.05, 0) is 73.2 Å². The molecule has 2 fully saturated rings. The van der Waals surface area contributed by atoms with Crippen molar-refractivity contribution in [3.05, 3.63) is 90.0 Å². The SMILES string of the molecule is O=C(NC[C@@H]1CCC2(CCN(C(=O)c3ccc(-c4cccc(F)c4)cc3)CC2)O1)c1ccccn1. The molecule has 2 amide bonds. The van der Waals surface area contributed by atoms with Gasteiger partial charge in [-0.15, -0.1) is 0 Å². The maximum absolute atomic E-state index is 13.5. The second kappa shape index (κ2) is 9.96. The molecule has 2 aliphatic heterocycles. The van der Waals surface area contributed by atoms with E-state index in [1.54, 1.807) is 42.6 Å². The number of hydrogen-bond acceptors (Lipinski definition) is 4. The van der Waals surface area contributed by atoms with Crippen molar-refractivity contribution in [2.24, 2.45) is 0 Å². The highest BCUT2D eigenvalue weighted by atomic mass is 19.1. The number of amides is 2. The van der Waals surface area contributed by atoms with E-state index in [0.29, 0.717) is 30.9 Å². The second-order valence-electron chi connectivity index (χ2n) is 9.27. The Morgan fingerprint density at radius 2 is 1.80 bits per heavy atom. The van der Waals surface area contributed by atoms with Crippen LogP contribution in [0.1, 0.15) is 46.5 Å². The van der Waals surface area contributed by atoms with Crippen LogP contribution < -0.4 is 5.32 Å². The minimum Gasteiger partial charge on any atom is -0.370 e. The summed E-state index contributed by atoms with van der Waals surface area (Å²) in [5.74, 6) is -0.473. The molecule has 0 unspecified atom stereocenters. The summed E-state index contributed by atoms with van der Waals surface area (Å²) < 4.78 is 19.9. The lowest BCUT2D eigenvalue weighted by Gasteiger charge is -2.39. The number of rotatable bonds is 5. The monoisotopic (exact) mass is 473 g/mol. The zero-order valence-corrected chi connectivity index (χ0v) is 19.5. The van der Waals surface area contributed by atoms with Crippen LogP contribution in [0.4, 0.5) is 4.39 Å². The van der Waals surface area contributed by atoms with Crippen molar-refractivity contribution in [2.45, 2.75) is 37.4 Å². The van der Waals surface area contributed by atoms with Crippen LogP contribution in [0.5, 0.6) is 0 Å². The highest BCUT2D eigenvalue weighted by Crippen LogP contribution is 2.39. The minimum absolute atomic E-state index is 0.00261. The summed E-state index contributed by atoms with van der Waals surface area (Å²) in [4.78, 5) is 31.3. The number of likely N-dealkylation sites (tertiary alicyclic amines) is 1. The molecule has 0 aliphatic carbocycles.